The summed E-state index contributed by atoms with van der Waals surface area (Å²) in [6.07, 6.45) is 3.37. The summed E-state index contributed by atoms with van der Waals surface area (Å²) in [5.41, 5.74) is 1.56. The first kappa shape index (κ1) is 14.4. The second-order valence-corrected chi connectivity index (χ2v) is 7.59. The minimum absolute atomic E-state index is 0.0204. The molecule has 0 fully saturated rings. The van der Waals surface area contributed by atoms with Crippen LogP contribution in [0.5, 0.6) is 5.88 Å². The summed E-state index contributed by atoms with van der Waals surface area (Å²) in [4.78, 5) is 14.0. The Labute approximate surface area is 135 Å². The van der Waals surface area contributed by atoms with Crippen molar-refractivity contribution in [1.82, 2.24) is 15.0 Å². The fraction of sp³-hybridized carbons (Fsp3) is 0.267. The number of hydrogen-bond donors (Lipinski definition) is 1. The molecular formula is C15H14BrN3OS. The van der Waals surface area contributed by atoms with Crippen molar-refractivity contribution < 1.29 is 5.11 Å². The molecule has 3 aromatic rings. The van der Waals surface area contributed by atoms with Crippen molar-refractivity contribution in [3.05, 3.63) is 33.9 Å². The van der Waals surface area contributed by atoms with E-state index in [1.165, 1.54) is 11.3 Å². The lowest BCUT2D eigenvalue weighted by Gasteiger charge is -2.16. The zero-order valence-electron chi connectivity index (χ0n) is 11.9. The fourth-order valence-electron chi connectivity index (χ4n) is 2.05. The maximum atomic E-state index is 10.2. The van der Waals surface area contributed by atoms with E-state index in [1.54, 1.807) is 12.4 Å². The standard InChI is InChI=1S/C15H14BrN3OS/c1-15(2,3)12-9(16)10-11(21-12)14(20)19-13(18-10)8-4-6-17-7-5-8/h4-7H,1-3H3,(H,18,19,20). The van der Waals surface area contributed by atoms with Gasteiger partial charge >= 0.3 is 0 Å². The lowest BCUT2D eigenvalue weighted by molar-refractivity contribution is 0.461. The normalized spacial score (nSPS) is 12.0. The molecule has 0 unspecified atom stereocenters. The zero-order valence-corrected chi connectivity index (χ0v) is 14.3. The van der Waals surface area contributed by atoms with Crippen LogP contribution in [0.2, 0.25) is 0 Å². The summed E-state index contributed by atoms with van der Waals surface area (Å²) in [6.45, 7) is 6.41. The molecule has 0 aliphatic rings. The highest BCUT2D eigenvalue weighted by molar-refractivity contribution is 9.10. The minimum atomic E-state index is -0.0204. The van der Waals surface area contributed by atoms with Gasteiger partial charge in [0.25, 0.3) is 0 Å². The molecule has 3 aromatic heterocycles. The van der Waals surface area contributed by atoms with Gasteiger partial charge in [-0.15, -0.1) is 11.3 Å². The SMILES string of the molecule is CC(C)(C)c1sc2c(O)nc(-c3ccncc3)nc2c1Br. The molecule has 4 nitrogen and oxygen atoms in total. The van der Waals surface area contributed by atoms with E-state index < -0.39 is 0 Å². The first-order valence-electron chi connectivity index (χ1n) is 6.48. The van der Waals surface area contributed by atoms with E-state index in [1.807, 2.05) is 12.1 Å². The van der Waals surface area contributed by atoms with Gasteiger partial charge in [-0.2, -0.15) is 4.98 Å². The predicted octanol–water partition coefficient (Wildman–Crippen LogP) is 4.52. The van der Waals surface area contributed by atoms with Gasteiger partial charge in [0.1, 0.15) is 10.2 Å². The molecule has 3 rings (SSSR count). The number of thiophene rings is 1. The van der Waals surface area contributed by atoms with Crippen LogP contribution in [0.1, 0.15) is 25.6 Å². The van der Waals surface area contributed by atoms with Crippen LogP contribution < -0.4 is 0 Å². The van der Waals surface area contributed by atoms with Crippen molar-refractivity contribution in [1.29, 1.82) is 0 Å². The second kappa shape index (κ2) is 5.03. The van der Waals surface area contributed by atoms with Gasteiger partial charge in [0.15, 0.2) is 5.82 Å². The molecule has 0 aliphatic heterocycles. The number of nitrogens with zero attached hydrogens (tertiary/aromatic N) is 3. The van der Waals surface area contributed by atoms with Gasteiger partial charge in [-0.3, -0.25) is 4.98 Å². The molecule has 0 saturated heterocycles. The van der Waals surface area contributed by atoms with Crippen LogP contribution in [0.4, 0.5) is 0 Å². The lowest BCUT2D eigenvalue weighted by atomic mass is 9.95. The van der Waals surface area contributed by atoms with Crippen molar-refractivity contribution >= 4 is 37.5 Å². The summed E-state index contributed by atoms with van der Waals surface area (Å²) in [5, 5.41) is 10.2. The van der Waals surface area contributed by atoms with Crippen LogP contribution >= 0.6 is 27.3 Å². The zero-order chi connectivity index (χ0) is 15.2. The van der Waals surface area contributed by atoms with Gasteiger partial charge in [0.05, 0.1) is 4.47 Å². The number of fused-ring (bicyclic) bond motifs is 1. The molecule has 0 bridgehead atoms. The molecule has 0 spiro atoms. The molecule has 0 saturated carbocycles. The van der Waals surface area contributed by atoms with Gasteiger partial charge in [-0.25, -0.2) is 4.98 Å². The van der Waals surface area contributed by atoms with Crippen molar-refractivity contribution in [3.8, 4) is 17.3 Å². The minimum Gasteiger partial charge on any atom is -0.492 e. The summed E-state index contributed by atoms with van der Waals surface area (Å²) in [6, 6.07) is 3.65. The molecule has 0 atom stereocenters. The average Bonchev–Trinajstić information content (AvgIpc) is 2.78. The third-order valence-corrected chi connectivity index (χ3v) is 5.71. The van der Waals surface area contributed by atoms with Gasteiger partial charge < -0.3 is 5.11 Å². The number of aromatic nitrogens is 3. The largest absolute Gasteiger partial charge is 0.492 e. The maximum Gasteiger partial charge on any atom is 0.233 e. The summed E-state index contributed by atoms with van der Waals surface area (Å²) in [5.74, 6) is 0.523. The molecule has 0 aromatic carbocycles. The maximum absolute atomic E-state index is 10.2. The van der Waals surface area contributed by atoms with Gasteiger partial charge in [0.2, 0.25) is 5.88 Å². The van der Waals surface area contributed by atoms with E-state index in [0.29, 0.717) is 10.5 Å². The first-order valence-corrected chi connectivity index (χ1v) is 8.09. The van der Waals surface area contributed by atoms with Gasteiger partial charge in [0, 0.05) is 22.8 Å². The monoisotopic (exact) mass is 363 g/mol. The Morgan fingerprint density at radius 2 is 1.81 bits per heavy atom. The van der Waals surface area contributed by atoms with Crippen molar-refractivity contribution in [2.75, 3.05) is 0 Å². The third kappa shape index (κ3) is 2.53. The molecule has 0 radical (unpaired) electrons. The van der Waals surface area contributed by atoms with Crippen molar-refractivity contribution in [2.45, 2.75) is 26.2 Å². The van der Waals surface area contributed by atoms with Crippen molar-refractivity contribution in [3.63, 3.8) is 0 Å². The van der Waals surface area contributed by atoms with E-state index in [-0.39, 0.29) is 11.3 Å². The van der Waals surface area contributed by atoms with E-state index in [0.717, 1.165) is 20.4 Å². The Morgan fingerprint density at radius 1 is 1.14 bits per heavy atom. The Hall–Kier alpha value is -1.53. The molecule has 0 amide bonds. The highest BCUT2D eigenvalue weighted by Gasteiger charge is 2.25. The Bertz CT molecular complexity index is 809. The smallest absolute Gasteiger partial charge is 0.233 e. The Kier molecular flexibility index (Phi) is 3.45. The molecule has 108 valence electrons. The number of pyridine rings is 1. The van der Waals surface area contributed by atoms with E-state index in [9.17, 15) is 5.11 Å². The Morgan fingerprint density at radius 3 is 2.43 bits per heavy atom. The van der Waals surface area contributed by atoms with Crippen LogP contribution in [-0.2, 0) is 5.41 Å². The second-order valence-electron chi connectivity index (χ2n) is 5.78. The molecule has 1 N–H and O–H groups in total. The van der Waals surface area contributed by atoms with Crippen LogP contribution in [0.25, 0.3) is 21.6 Å². The van der Waals surface area contributed by atoms with Crippen LogP contribution in [0.15, 0.2) is 29.0 Å². The third-order valence-electron chi connectivity index (χ3n) is 3.08. The molecule has 0 aliphatic carbocycles. The Balaban J connectivity index is 2.27. The summed E-state index contributed by atoms with van der Waals surface area (Å²) < 4.78 is 1.65. The number of rotatable bonds is 1. The quantitative estimate of drug-likeness (QED) is 0.690. The van der Waals surface area contributed by atoms with Gasteiger partial charge in [-0.1, -0.05) is 20.8 Å². The summed E-state index contributed by atoms with van der Waals surface area (Å²) in [7, 11) is 0. The van der Waals surface area contributed by atoms with Crippen LogP contribution in [-0.4, -0.2) is 20.1 Å². The average molecular weight is 364 g/mol. The van der Waals surface area contributed by atoms with Gasteiger partial charge in [-0.05, 0) is 33.5 Å². The van der Waals surface area contributed by atoms with Crippen LogP contribution in [0, 0.1) is 0 Å². The molecule has 6 heteroatoms. The van der Waals surface area contributed by atoms with E-state index in [4.69, 9.17) is 0 Å². The topological polar surface area (TPSA) is 58.9 Å². The number of aromatic hydroxyl groups is 1. The van der Waals surface area contributed by atoms with E-state index >= 15 is 0 Å². The van der Waals surface area contributed by atoms with Crippen LogP contribution in [0.3, 0.4) is 0 Å². The summed E-state index contributed by atoms with van der Waals surface area (Å²) >= 11 is 5.15. The lowest BCUT2D eigenvalue weighted by Crippen LogP contribution is -2.08. The fourth-order valence-corrected chi connectivity index (χ4v) is 4.38. The highest BCUT2D eigenvalue weighted by Crippen LogP contribution is 2.44. The van der Waals surface area contributed by atoms with Crippen molar-refractivity contribution in [2.24, 2.45) is 0 Å². The number of halogens is 1. The first-order chi connectivity index (χ1) is 9.88. The predicted molar refractivity (Wildman–Crippen MR) is 88.7 cm³/mol. The highest BCUT2D eigenvalue weighted by atomic mass is 79.9. The van der Waals surface area contributed by atoms with E-state index in [2.05, 4.69) is 51.7 Å². The molecule has 3 heterocycles. The number of hydrogen-bond acceptors (Lipinski definition) is 5. The molecular weight excluding hydrogens is 350 g/mol. The molecule has 21 heavy (non-hydrogen) atoms.